The summed E-state index contributed by atoms with van der Waals surface area (Å²) in [5, 5.41) is 0.910. The summed E-state index contributed by atoms with van der Waals surface area (Å²) in [7, 11) is 0. The van der Waals surface area contributed by atoms with E-state index < -0.39 is 0 Å². The molecule has 0 aliphatic heterocycles. The highest BCUT2D eigenvalue weighted by molar-refractivity contribution is 9.11. The van der Waals surface area contributed by atoms with Crippen LogP contribution in [0.3, 0.4) is 0 Å². The van der Waals surface area contributed by atoms with E-state index in [1.165, 1.54) is 17.7 Å². The smallest absolute Gasteiger partial charge is 0.123 e. The van der Waals surface area contributed by atoms with Gasteiger partial charge in [-0.2, -0.15) is 0 Å². The Morgan fingerprint density at radius 3 is 2.59 bits per heavy atom. The minimum Gasteiger partial charge on any atom is -0.235 e. The SMILES string of the molecule is Cc1cccc(C=Cc2nc(-c3ccc(F)cc3)c(Br)s2)c1. The third kappa shape index (κ3) is 3.51. The number of aryl methyl sites for hydroxylation is 1. The van der Waals surface area contributed by atoms with Gasteiger partial charge in [0.15, 0.2) is 0 Å². The molecule has 0 radical (unpaired) electrons. The molecule has 0 saturated heterocycles. The number of nitrogens with zero attached hydrogens (tertiary/aromatic N) is 1. The third-order valence-electron chi connectivity index (χ3n) is 3.18. The monoisotopic (exact) mass is 373 g/mol. The van der Waals surface area contributed by atoms with Gasteiger partial charge in [0.05, 0.1) is 9.48 Å². The van der Waals surface area contributed by atoms with Crippen LogP contribution in [-0.2, 0) is 0 Å². The van der Waals surface area contributed by atoms with E-state index in [0.29, 0.717) is 0 Å². The first-order valence-electron chi connectivity index (χ1n) is 6.79. The summed E-state index contributed by atoms with van der Waals surface area (Å²) in [6.45, 7) is 2.07. The van der Waals surface area contributed by atoms with Gasteiger partial charge in [0.2, 0.25) is 0 Å². The molecule has 1 nitrogen and oxygen atoms in total. The molecule has 0 saturated carbocycles. The number of benzene rings is 2. The lowest BCUT2D eigenvalue weighted by atomic mass is 10.1. The molecule has 1 aromatic heterocycles. The van der Waals surface area contributed by atoms with Gasteiger partial charge in [-0.1, -0.05) is 35.9 Å². The maximum Gasteiger partial charge on any atom is 0.123 e. The molecule has 0 fully saturated rings. The number of aromatic nitrogens is 1. The maximum atomic E-state index is 13.0. The second-order valence-electron chi connectivity index (χ2n) is 4.93. The van der Waals surface area contributed by atoms with Crippen LogP contribution in [0.25, 0.3) is 23.4 Å². The van der Waals surface area contributed by atoms with Crippen molar-refractivity contribution in [2.75, 3.05) is 0 Å². The van der Waals surface area contributed by atoms with E-state index in [1.54, 1.807) is 23.5 Å². The van der Waals surface area contributed by atoms with Gasteiger partial charge in [-0.25, -0.2) is 9.37 Å². The van der Waals surface area contributed by atoms with Crippen LogP contribution >= 0.6 is 27.3 Å². The first-order valence-corrected chi connectivity index (χ1v) is 8.40. The van der Waals surface area contributed by atoms with E-state index in [1.807, 2.05) is 18.2 Å². The highest BCUT2D eigenvalue weighted by Crippen LogP contribution is 2.33. The summed E-state index contributed by atoms with van der Waals surface area (Å²) >= 11 is 5.10. The van der Waals surface area contributed by atoms with Crippen molar-refractivity contribution >= 4 is 39.4 Å². The average molecular weight is 374 g/mol. The summed E-state index contributed by atoms with van der Waals surface area (Å²) in [5.74, 6) is -0.241. The Hall–Kier alpha value is -1.78. The van der Waals surface area contributed by atoms with Crippen molar-refractivity contribution in [1.29, 1.82) is 0 Å². The number of hydrogen-bond acceptors (Lipinski definition) is 2. The van der Waals surface area contributed by atoms with E-state index >= 15 is 0 Å². The standard InChI is InChI=1S/C18H13BrFNS/c1-12-3-2-4-13(11-12)5-10-16-21-17(18(19)22-16)14-6-8-15(20)9-7-14/h2-11H,1H3. The van der Waals surface area contributed by atoms with Gasteiger partial charge >= 0.3 is 0 Å². The highest BCUT2D eigenvalue weighted by atomic mass is 79.9. The fourth-order valence-corrected chi connectivity index (χ4v) is 3.65. The van der Waals surface area contributed by atoms with Crippen molar-refractivity contribution in [3.05, 3.63) is 74.3 Å². The molecule has 3 rings (SSSR count). The lowest BCUT2D eigenvalue weighted by Crippen LogP contribution is -1.80. The summed E-state index contributed by atoms with van der Waals surface area (Å²) in [6.07, 6.45) is 4.05. The Morgan fingerprint density at radius 2 is 1.86 bits per heavy atom. The molecule has 0 N–H and O–H groups in total. The summed E-state index contributed by atoms with van der Waals surface area (Å²) in [5.41, 5.74) is 4.12. The molecule has 0 amide bonds. The lowest BCUT2D eigenvalue weighted by molar-refractivity contribution is 0.628. The second kappa shape index (κ2) is 6.55. The topological polar surface area (TPSA) is 12.9 Å². The first kappa shape index (κ1) is 15.1. The van der Waals surface area contributed by atoms with E-state index in [9.17, 15) is 4.39 Å². The van der Waals surface area contributed by atoms with E-state index in [4.69, 9.17) is 0 Å². The zero-order valence-corrected chi connectivity index (χ0v) is 14.3. The molecule has 3 aromatic rings. The highest BCUT2D eigenvalue weighted by Gasteiger charge is 2.09. The van der Waals surface area contributed by atoms with Crippen LogP contribution in [0, 0.1) is 12.7 Å². The van der Waals surface area contributed by atoms with Gasteiger partial charge in [-0.3, -0.25) is 0 Å². The average Bonchev–Trinajstić information content (AvgIpc) is 2.87. The van der Waals surface area contributed by atoms with Crippen LogP contribution in [0.5, 0.6) is 0 Å². The number of halogens is 2. The summed E-state index contributed by atoms with van der Waals surface area (Å²) < 4.78 is 14.0. The summed E-state index contributed by atoms with van der Waals surface area (Å²) in [6, 6.07) is 14.7. The van der Waals surface area contributed by atoms with Gasteiger partial charge < -0.3 is 0 Å². The molecule has 0 spiro atoms. The molecule has 4 heteroatoms. The van der Waals surface area contributed by atoms with Crippen molar-refractivity contribution in [2.45, 2.75) is 6.92 Å². The van der Waals surface area contributed by atoms with Crippen LogP contribution in [0.2, 0.25) is 0 Å². The van der Waals surface area contributed by atoms with Crippen molar-refractivity contribution in [3.63, 3.8) is 0 Å². The van der Waals surface area contributed by atoms with E-state index in [-0.39, 0.29) is 5.82 Å². The number of rotatable bonds is 3. The molecular formula is C18H13BrFNS. The minimum absolute atomic E-state index is 0.241. The van der Waals surface area contributed by atoms with E-state index in [0.717, 1.165) is 25.6 Å². The normalized spacial score (nSPS) is 11.2. The minimum atomic E-state index is -0.241. The molecule has 0 aliphatic carbocycles. The maximum absolute atomic E-state index is 13.0. The van der Waals surface area contributed by atoms with Crippen LogP contribution in [0.15, 0.2) is 52.3 Å². The Morgan fingerprint density at radius 1 is 1.09 bits per heavy atom. The molecule has 1 heterocycles. The fraction of sp³-hybridized carbons (Fsp3) is 0.0556. The Bertz CT molecular complexity index is 821. The van der Waals surface area contributed by atoms with Crippen molar-refractivity contribution < 1.29 is 4.39 Å². The van der Waals surface area contributed by atoms with Gasteiger partial charge in [0.1, 0.15) is 10.8 Å². The first-order chi connectivity index (χ1) is 10.6. The van der Waals surface area contributed by atoms with Crippen molar-refractivity contribution in [2.24, 2.45) is 0 Å². The van der Waals surface area contributed by atoms with Gasteiger partial charge in [0, 0.05) is 5.56 Å². The quantitative estimate of drug-likeness (QED) is 0.533. The lowest BCUT2D eigenvalue weighted by Gasteiger charge is -1.97. The molecule has 0 atom stereocenters. The Kier molecular flexibility index (Phi) is 4.50. The molecule has 22 heavy (non-hydrogen) atoms. The van der Waals surface area contributed by atoms with E-state index in [2.05, 4.69) is 46.0 Å². The molecule has 0 aliphatic rings. The predicted molar refractivity (Wildman–Crippen MR) is 95.3 cm³/mol. The van der Waals surface area contributed by atoms with Crippen LogP contribution in [0.4, 0.5) is 4.39 Å². The molecule has 0 unspecified atom stereocenters. The Labute approximate surface area is 141 Å². The Balaban J connectivity index is 1.87. The number of thiazole rings is 1. The van der Waals surface area contributed by atoms with Crippen LogP contribution in [-0.4, -0.2) is 4.98 Å². The zero-order valence-electron chi connectivity index (χ0n) is 11.9. The molecule has 2 aromatic carbocycles. The van der Waals surface area contributed by atoms with Gasteiger partial charge in [0.25, 0.3) is 0 Å². The van der Waals surface area contributed by atoms with Gasteiger partial charge in [-0.05, 0) is 58.8 Å². The third-order valence-corrected chi connectivity index (χ3v) is 4.85. The van der Waals surface area contributed by atoms with Crippen LogP contribution < -0.4 is 0 Å². The zero-order chi connectivity index (χ0) is 15.5. The molecule has 0 bridgehead atoms. The largest absolute Gasteiger partial charge is 0.235 e. The predicted octanol–water partition coefficient (Wildman–Crippen LogP) is 6.19. The second-order valence-corrected chi connectivity index (χ2v) is 7.28. The van der Waals surface area contributed by atoms with Crippen molar-refractivity contribution in [3.8, 4) is 11.3 Å². The van der Waals surface area contributed by atoms with Crippen molar-refractivity contribution in [1.82, 2.24) is 4.98 Å². The molecule has 110 valence electrons. The summed E-state index contributed by atoms with van der Waals surface area (Å²) in [4.78, 5) is 4.61. The van der Waals surface area contributed by atoms with Gasteiger partial charge in [-0.15, -0.1) is 11.3 Å². The molecular weight excluding hydrogens is 361 g/mol. The number of hydrogen-bond donors (Lipinski definition) is 0. The van der Waals surface area contributed by atoms with Crippen LogP contribution in [0.1, 0.15) is 16.1 Å². The fourth-order valence-electron chi connectivity index (χ4n) is 2.12.